The first-order valence-corrected chi connectivity index (χ1v) is 7.19. The molecule has 1 aliphatic rings. The molecule has 2 rings (SSSR count). The molecule has 1 aromatic carbocycles. The Morgan fingerprint density at radius 2 is 1.78 bits per heavy atom. The normalized spacial score (nSPS) is 20.6. The first-order valence-electron chi connectivity index (χ1n) is 7.19. The number of hydrogen-bond acceptors (Lipinski definition) is 1. The third kappa shape index (κ3) is 3.32. The van der Waals surface area contributed by atoms with Gasteiger partial charge in [0.15, 0.2) is 0 Å². The lowest BCUT2D eigenvalue weighted by Gasteiger charge is -2.31. The van der Waals surface area contributed by atoms with E-state index < -0.39 is 0 Å². The fourth-order valence-corrected chi connectivity index (χ4v) is 3.08. The Hall–Kier alpha value is -0.890. The summed E-state index contributed by atoms with van der Waals surface area (Å²) < 4.78 is 13.7. The summed E-state index contributed by atoms with van der Waals surface area (Å²) in [5.74, 6) is 0.654. The topological polar surface area (TPSA) is 12.0 Å². The fraction of sp³-hybridized carbons (Fsp3) is 0.625. The zero-order valence-corrected chi connectivity index (χ0v) is 11.5. The van der Waals surface area contributed by atoms with Crippen molar-refractivity contribution < 1.29 is 4.39 Å². The lowest BCUT2D eigenvalue weighted by atomic mass is 9.84. The number of hydrogen-bond donors (Lipinski definition) is 1. The van der Waals surface area contributed by atoms with E-state index in [1.54, 1.807) is 12.1 Å². The van der Waals surface area contributed by atoms with Gasteiger partial charge in [-0.25, -0.2) is 4.39 Å². The van der Waals surface area contributed by atoms with Gasteiger partial charge in [-0.15, -0.1) is 0 Å². The highest BCUT2D eigenvalue weighted by Gasteiger charge is 2.22. The summed E-state index contributed by atoms with van der Waals surface area (Å²) in [7, 11) is 0. The van der Waals surface area contributed by atoms with Gasteiger partial charge < -0.3 is 5.32 Å². The first kappa shape index (κ1) is 13.5. The van der Waals surface area contributed by atoms with Gasteiger partial charge in [-0.05, 0) is 38.7 Å². The van der Waals surface area contributed by atoms with Gasteiger partial charge in [0.2, 0.25) is 0 Å². The molecule has 1 aromatic rings. The number of halogens is 1. The number of nitrogens with one attached hydrogen (secondary N) is 1. The molecule has 1 fully saturated rings. The van der Waals surface area contributed by atoms with Crippen LogP contribution in [0.15, 0.2) is 24.3 Å². The largest absolute Gasteiger partial charge is 0.307 e. The predicted octanol–water partition coefficient (Wildman–Crippen LogP) is 4.45. The van der Waals surface area contributed by atoms with Crippen LogP contribution < -0.4 is 5.32 Å². The van der Waals surface area contributed by atoms with Gasteiger partial charge in [-0.3, -0.25) is 0 Å². The lowest BCUT2D eigenvalue weighted by Crippen LogP contribution is -2.36. The van der Waals surface area contributed by atoms with Crippen LogP contribution in [-0.2, 0) is 0 Å². The molecular formula is C16H24FN. The molecule has 0 radical (unpaired) electrons. The zero-order valence-electron chi connectivity index (χ0n) is 11.5. The average molecular weight is 249 g/mol. The minimum atomic E-state index is -0.103. The van der Waals surface area contributed by atoms with E-state index in [-0.39, 0.29) is 11.9 Å². The Labute approximate surface area is 110 Å². The van der Waals surface area contributed by atoms with Crippen LogP contribution >= 0.6 is 0 Å². The molecule has 0 aliphatic heterocycles. The minimum absolute atomic E-state index is 0.0862. The molecule has 2 atom stereocenters. The van der Waals surface area contributed by atoms with E-state index in [9.17, 15) is 4.39 Å². The van der Waals surface area contributed by atoms with Gasteiger partial charge in [0.05, 0.1) is 0 Å². The lowest BCUT2D eigenvalue weighted by molar-refractivity contribution is 0.267. The van der Waals surface area contributed by atoms with E-state index in [1.807, 2.05) is 12.1 Å². The minimum Gasteiger partial charge on any atom is -0.307 e. The van der Waals surface area contributed by atoms with E-state index in [2.05, 4.69) is 19.2 Å². The average Bonchev–Trinajstić information content (AvgIpc) is 2.40. The Morgan fingerprint density at radius 1 is 1.11 bits per heavy atom. The molecule has 0 heterocycles. The second-order valence-electron chi connectivity index (χ2n) is 5.60. The van der Waals surface area contributed by atoms with Crippen LogP contribution in [0.25, 0.3) is 0 Å². The molecule has 100 valence electrons. The van der Waals surface area contributed by atoms with Crippen LogP contribution in [0.3, 0.4) is 0 Å². The van der Waals surface area contributed by atoms with Crippen molar-refractivity contribution in [2.24, 2.45) is 5.92 Å². The van der Waals surface area contributed by atoms with E-state index in [0.717, 1.165) is 11.5 Å². The second kappa shape index (κ2) is 6.33. The maximum Gasteiger partial charge on any atom is 0.127 e. The van der Waals surface area contributed by atoms with Gasteiger partial charge in [-0.1, -0.05) is 37.5 Å². The third-order valence-corrected chi connectivity index (χ3v) is 4.24. The van der Waals surface area contributed by atoms with Crippen LogP contribution in [0.2, 0.25) is 0 Å². The molecular weight excluding hydrogens is 225 g/mol. The SMILES string of the molecule is CC(N[C@H](C)C1CCCCC1)c1ccccc1F. The Bertz CT molecular complexity index is 371. The monoisotopic (exact) mass is 249 g/mol. The standard InChI is InChI=1S/C16H24FN/c1-12(14-8-4-3-5-9-14)18-13(2)15-10-6-7-11-16(15)17/h6-7,10-14,18H,3-5,8-9H2,1-2H3/t12-,13?/m1/s1. The molecule has 0 aromatic heterocycles. The summed E-state index contributed by atoms with van der Waals surface area (Å²) >= 11 is 0. The van der Waals surface area contributed by atoms with E-state index in [4.69, 9.17) is 0 Å². The molecule has 0 bridgehead atoms. The van der Waals surface area contributed by atoms with Crippen molar-refractivity contribution in [3.05, 3.63) is 35.6 Å². The predicted molar refractivity (Wildman–Crippen MR) is 74.0 cm³/mol. The highest BCUT2D eigenvalue weighted by Crippen LogP contribution is 2.28. The summed E-state index contributed by atoms with van der Waals surface area (Å²) in [5.41, 5.74) is 0.778. The number of benzene rings is 1. The van der Waals surface area contributed by atoms with Crippen molar-refractivity contribution >= 4 is 0 Å². The summed E-state index contributed by atoms with van der Waals surface area (Å²) in [6.07, 6.45) is 6.72. The van der Waals surface area contributed by atoms with Gasteiger partial charge in [0.25, 0.3) is 0 Å². The molecule has 18 heavy (non-hydrogen) atoms. The molecule has 2 heteroatoms. The summed E-state index contributed by atoms with van der Waals surface area (Å²) in [6, 6.07) is 7.63. The smallest absolute Gasteiger partial charge is 0.127 e. The van der Waals surface area contributed by atoms with Crippen molar-refractivity contribution in [1.82, 2.24) is 5.32 Å². The van der Waals surface area contributed by atoms with Crippen molar-refractivity contribution in [3.8, 4) is 0 Å². The molecule has 1 nitrogen and oxygen atoms in total. The third-order valence-electron chi connectivity index (χ3n) is 4.24. The van der Waals surface area contributed by atoms with Crippen LogP contribution in [-0.4, -0.2) is 6.04 Å². The van der Waals surface area contributed by atoms with Crippen molar-refractivity contribution in [3.63, 3.8) is 0 Å². The van der Waals surface area contributed by atoms with Gasteiger partial charge >= 0.3 is 0 Å². The molecule has 0 saturated heterocycles. The van der Waals surface area contributed by atoms with Crippen LogP contribution in [0, 0.1) is 11.7 Å². The van der Waals surface area contributed by atoms with Crippen LogP contribution in [0.4, 0.5) is 4.39 Å². The summed E-state index contributed by atoms with van der Waals surface area (Å²) in [5, 5.41) is 3.57. The van der Waals surface area contributed by atoms with Gasteiger partial charge in [0.1, 0.15) is 5.82 Å². The number of rotatable bonds is 4. The molecule has 1 saturated carbocycles. The van der Waals surface area contributed by atoms with E-state index >= 15 is 0 Å². The molecule has 0 spiro atoms. The molecule has 1 N–H and O–H groups in total. The van der Waals surface area contributed by atoms with Crippen molar-refractivity contribution in [2.75, 3.05) is 0 Å². The zero-order chi connectivity index (χ0) is 13.0. The maximum absolute atomic E-state index is 13.7. The van der Waals surface area contributed by atoms with E-state index in [0.29, 0.717) is 6.04 Å². The Kier molecular flexibility index (Phi) is 4.76. The second-order valence-corrected chi connectivity index (χ2v) is 5.60. The van der Waals surface area contributed by atoms with E-state index in [1.165, 1.54) is 32.1 Å². The molecule has 0 amide bonds. The van der Waals surface area contributed by atoms with Crippen LogP contribution in [0.5, 0.6) is 0 Å². The Morgan fingerprint density at radius 3 is 2.44 bits per heavy atom. The highest BCUT2D eigenvalue weighted by atomic mass is 19.1. The Balaban J connectivity index is 1.94. The van der Waals surface area contributed by atoms with Gasteiger partial charge in [0, 0.05) is 17.6 Å². The highest BCUT2D eigenvalue weighted by molar-refractivity contribution is 5.20. The van der Waals surface area contributed by atoms with Crippen molar-refractivity contribution in [2.45, 2.75) is 58.0 Å². The van der Waals surface area contributed by atoms with Gasteiger partial charge in [-0.2, -0.15) is 0 Å². The molecule has 1 unspecified atom stereocenters. The summed E-state index contributed by atoms with van der Waals surface area (Å²) in [4.78, 5) is 0. The molecule has 1 aliphatic carbocycles. The summed E-state index contributed by atoms with van der Waals surface area (Å²) in [6.45, 7) is 4.30. The maximum atomic E-state index is 13.7. The first-order chi connectivity index (χ1) is 8.68. The fourth-order valence-electron chi connectivity index (χ4n) is 3.08. The van der Waals surface area contributed by atoms with Crippen LogP contribution in [0.1, 0.15) is 57.6 Å². The van der Waals surface area contributed by atoms with Crippen molar-refractivity contribution in [1.29, 1.82) is 0 Å². The quantitative estimate of drug-likeness (QED) is 0.831.